The first kappa shape index (κ1) is 27.0. The van der Waals surface area contributed by atoms with Crippen LogP contribution in [0.5, 0.6) is 11.5 Å². The minimum absolute atomic E-state index is 0.0114. The van der Waals surface area contributed by atoms with Gasteiger partial charge in [-0.25, -0.2) is 9.78 Å². The van der Waals surface area contributed by atoms with E-state index < -0.39 is 41.7 Å². The molecule has 0 aliphatic heterocycles. The van der Waals surface area contributed by atoms with Gasteiger partial charge in [0.15, 0.2) is 5.75 Å². The summed E-state index contributed by atoms with van der Waals surface area (Å²) in [6, 6.07) is 5.66. The van der Waals surface area contributed by atoms with Crippen molar-refractivity contribution in [1.29, 1.82) is 0 Å². The predicted molar refractivity (Wildman–Crippen MR) is 122 cm³/mol. The second-order valence-electron chi connectivity index (χ2n) is 7.50. The van der Waals surface area contributed by atoms with Gasteiger partial charge in [0.05, 0.1) is 12.7 Å². The first-order valence-corrected chi connectivity index (χ1v) is 10.7. The number of nitrogens with zero attached hydrogens (tertiary/aromatic N) is 1. The normalized spacial score (nSPS) is 13.9. The van der Waals surface area contributed by atoms with E-state index in [1.807, 2.05) is 0 Å². The molecule has 1 heterocycles. The van der Waals surface area contributed by atoms with E-state index in [0.29, 0.717) is 0 Å². The van der Waals surface area contributed by atoms with E-state index in [0.717, 1.165) is 6.07 Å². The SMILES string of the molecule is COc1ccnc(C(=S)N[C@@H](C)C(=O)O[C@@H](C)[C@@H](C)c2ccccc2C(F)(F)F)c1OC(C)=O. The van der Waals surface area contributed by atoms with Crippen molar-refractivity contribution < 1.29 is 37.0 Å². The Balaban J connectivity index is 2.13. The first-order valence-electron chi connectivity index (χ1n) is 10.3. The highest BCUT2D eigenvalue weighted by Gasteiger charge is 2.36. The molecule has 0 unspecified atom stereocenters. The highest BCUT2D eigenvalue weighted by Crippen LogP contribution is 2.36. The van der Waals surface area contributed by atoms with Crippen molar-refractivity contribution in [1.82, 2.24) is 10.3 Å². The van der Waals surface area contributed by atoms with Crippen molar-refractivity contribution in [3.63, 3.8) is 0 Å². The van der Waals surface area contributed by atoms with Crippen molar-refractivity contribution in [3.05, 3.63) is 53.3 Å². The molecule has 11 heteroatoms. The average Bonchev–Trinajstić information content (AvgIpc) is 2.77. The lowest BCUT2D eigenvalue weighted by Gasteiger charge is -2.25. The molecule has 0 bridgehead atoms. The van der Waals surface area contributed by atoms with Crippen molar-refractivity contribution in [2.45, 2.75) is 51.9 Å². The summed E-state index contributed by atoms with van der Waals surface area (Å²) < 4.78 is 55.8. The van der Waals surface area contributed by atoms with E-state index >= 15 is 0 Å². The number of pyridine rings is 1. The van der Waals surface area contributed by atoms with Crippen LogP contribution < -0.4 is 14.8 Å². The number of methoxy groups -OCH3 is 1. The van der Waals surface area contributed by atoms with E-state index in [4.69, 9.17) is 26.4 Å². The molecule has 0 saturated carbocycles. The third kappa shape index (κ3) is 6.66. The number of thiocarbonyl (C=S) groups is 1. The Morgan fingerprint density at radius 3 is 2.35 bits per heavy atom. The number of aromatic nitrogens is 1. The lowest BCUT2D eigenvalue weighted by molar-refractivity contribution is -0.151. The molecule has 0 spiro atoms. The Morgan fingerprint density at radius 1 is 1.12 bits per heavy atom. The lowest BCUT2D eigenvalue weighted by atomic mass is 9.91. The van der Waals surface area contributed by atoms with Crippen molar-refractivity contribution in [2.24, 2.45) is 0 Å². The zero-order chi connectivity index (χ0) is 25.6. The van der Waals surface area contributed by atoms with Crippen molar-refractivity contribution in [2.75, 3.05) is 7.11 Å². The molecule has 0 amide bonds. The summed E-state index contributed by atoms with van der Waals surface area (Å²) >= 11 is 5.31. The fourth-order valence-corrected chi connectivity index (χ4v) is 3.43. The van der Waals surface area contributed by atoms with E-state index in [2.05, 4.69) is 10.3 Å². The van der Waals surface area contributed by atoms with E-state index in [-0.39, 0.29) is 27.7 Å². The van der Waals surface area contributed by atoms with E-state index in [1.54, 1.807) is 6.92 Å². The molecule has 3 atom stereocenters. The van der Waals surface area contributed by atoms with Crippen LogP contribution in [-0.2, 0) is 20.5 Å². The lowest BCUT2D eigenvalue weighted by Crippen LogP contribution is -2.41. The number of carbonyl (C=O) groups is 2. The Bertz CT molecular complexity index is 1060. The molecule has 1 aromatic heterocycles. The van der Waals surface area contributed by atoms with Crippen LogP contribution in [0.15, 0.2) is 36.5 Å². The number of esters is 2. The quantitative estimate of drug-likeness (QED) is 0.423. The minimum Gasteiger partial charge on any atom is -0.493 e. The Labute approximate surface area is 200 Å². The van der Waals surface area contributed by atoms with E-state index in [9.17, 15) is 22.8 Å². The van der Waals surface area contributed by atoms with Crippen LogP contribution in [0.2, 0.25) is 0 Å². The molecule has 0 radical (unpaired) electrons. The summed E-state index contributed by atoms with van der Waals surface area (Å²) in [4.78, 5) is 28.2. The zero-order valence-electron chi connectivity index (χ0n) is 19.2. The van der Waals surface area contributed by atoms with Gasteiger partial charge in [-0.2, -0.15) is 13.2 Å². The Morgan fingerprint density at radius 2 is 1.76 bits per heavy atom. The molecular weight excluding hydrogens is 473 g/mol. The molecule has 0 aliphatic carbocycles. The molecule has 0 aliphatic rings. The maximum Gasteiger partial charge on any atom is 0.416 e. The fourth-order valence-electron chi connectivity index (χ4n) is 3.11. The van der Waals surface area contributed by atoms with Crippen LogP contribution in [0.3, 0.4) is 0 Å². The number of nitrogens with one attached hydrogen (secondary N) is 1. The molecule has 2 rings (SSSR count). The van der Waals surface area contributed by atoms with Crippen LogP contribution >= 0.6 is 12.2 Å². The minimum atomic E-state index is -4.53. The van der Waals surface area contributed by atoms with Gasteiger partial charge < -0.3 is 19.5 Å². The molecule has 184 valence electrons. The summed E-state index contributed by atoms with van der Waals surface area (Å²) in [5.41, 5.74) is -0.678. The maximum atomic E-state index is 13.4. The molecular formula is C23H25F3N2O5S. The molecule has 1 aromatic carbocycles. The molecule has 2 aromatic rings. The summed E-state index contributed by atoms with van der Waals surface area (Å²) in [6.07, 6.45) is -4.00. The number of benzene rings is 1. The topological polar surface area (TPSA) is 86.8 Å². The van der Waals surface area contributed by atoms with Gasteiger partial charge in [-0.15, -0.1) is 0 Å². The second kappa shape index (κ2) is 11.3. The van der Waals surface area contributed by atoms with Gasteiger partial charge in [-0.3, -0.25) is 4.79 Å². The number of ether oxygens (including phenoxy) is 3. The summed E-state index contributed by atoms with van der Waals surface area (Å²) in [7, 11) is 1.38. The Hall–Kier alpha value is -3.21. The Kier molecular flexibility index (Phi) is 8.97. The highest BCUT2D eigenvalue weighted by molar-refractivity contribution is 7.80. The number of hydrogen-bond donors (Lipinski definition) is 1. The van der Waals surface area contributed by atoms with Crippen LogP contribution in [0, 0.1) is 0 Å². The van der Waals surface area contributed by atoms with Crippen molar-refractivity contribution in [3.8, 4) is 11.5 Å². The van der Waals surface area contributed by atoms with Gasteiger partial charge in [0.1, 0.15) is 22.8 Å². The standard InChI is InChI=1S/C23H25F3N2O5S/c1-12(16-8-6-7-9-17(16)23(24,25)26)14(3)32-22(30)13(2)28-21(34)19-20(33-15(4)29)18(31-5)10-11-27-19/h6-14H,1-5H3,(H,28,34)/t12-,13+,14+/m1/s1. The monoisotopic (exact) mass is 498 g/mol. The molecule has 34 heavy (non-hydrogen) atoms. The largest absolute Gasteiger partial charge is 0.493 e. The summed E-state index contributed by atoms with van der Waals surface area (Å²) in [5, 5.41) is 2.75. The van der Waals surface area contributed by atoms with E-state index in [1.165, 1.54) is 58.3 Å². The van der Waals surface area contributed by atoms with Crippen LogP contribution in [0.4, 0.5) is 13.2 Å². The molecule has 0 fully saturated rings. The van der Waals surface area contributed by atoms with Gasteiger partial charge in [0.2, 0.25) is 5.75 Å². The predicted octanol–water partition coefficient (Wildman–Crippen LogP) is 4.42. The number of alkyl halides is 3. The van der Waals surface area contributed by atoms with Gasteiger partial charge in [0.25, 0.3) is 0 Å². The van der Waals surface area contributed by atoms with Gasteiger partial charge in [-0.05, 0) is 25.5 Å². The fraction of sp³-hybridized carbons (Fsp3) is 0.391. The van der Waals surface area contributed by atoms with Gasteiger partial charge >= 0.3 is 18.1 Å². The van der Waals surface area contributed by atoms with Crippen LogP contribution in [0.1, 0.15) is 50.4 Å². The van der Waals surface area contributed by atoms with Gasteiger partial charge in [0, 0.05) is 25.1 Å². The van der Waals surface area contributed by atoms with Crippen LogP contribution in [-0.4, -0.2) is 41.2 Å². The number of carbonyl (C=O) groups excluding carboxylic acids is 2. The van der Waals surface area contributed by atoms with Gasteiger partial charge in [-0.1, -0.05) is 37.3 Å². The zero-order valence-corrected chi connectivity index (χ0v) is 20.0. The highest BCUT2D eigenvalue weighted by atomic mass is 32.1. The number of rotatable bonds is 8. The molecule has 0 saturated heterocycles. The second-order valence-corrected chi connectivity index (χ2v) is 7.90. The third-order valence-electron chi connectivity index (χ3n) is 5.01. The average molecular weight is 499 g/mol. The van der Waals surface area contributed by atoms with Crippen molar-refractivity contribution >= 4 is 29.1 Å². The summed E-state index contributed by atoms with van der Waals surface area (Å²) in [6.45, 7) is 5.74. The van der Waals surface area contributed by atoms with Crippen LogP contribution in [0.25, 0.3) is 0 Å². The molecule has 1 N–H and O–H groups in total. The summed E-state index contributed by atoms with van der Waals surface area (Å²) in [5.74, 6) is -1.88. The first-order chi connectivity index (χ1) is 15.9. The smallest absolute Gasteiger partial charge is 0.416 e. The third-order valence-corrected chi connectivity index (χ3v) is 5.32. The number of hydrogen-bond acceptors (Lipinski definition) is 7. The molecule has 7 nitrogen and oxygen atoms in total. The number of halogens is 3. The maximum absolute atomic E-state index is 13.4.